The van der Waals surface area contributed by atoms with E-state index in [2.05, 4.69) is 0 Å². The first-order chi connectivity index (χ1) is 11.0. The van der Waals surface area contributed by atoms with E-state index < -0.39 is 0 Å². The molecule has 0 radical (unpaired) electrons. The summed E-state index contributed by atoms with van der Waals surface area (Å²) in [6, 6.07) is 7.16. The SMILES string of the molecule is Cc1cc(OC2CCN(C(=O)c3cccs3)CC2)cc(=O)n1C. The van der Waals surface area contributed by atoms with Crippen molar-refractivity contribution in [2.45, 2.75) is 25.9 Å². The van der Waals surface area contributed by atoms with E-state index in [0.29, 0.717) is 18.8 Å². The van der Waals surface area contributed by atoms with Gasteiger partial charge >= 0.3 is 0 Å². The van der Waals surface area contributed by atoms with Crippen LogP contribution in [0.1, 0.15) is 28.2 Å². The second kappa shape index (κ2) is 6.58. The molecule has 1 aliphatic rings. The Kier molecular flexibility index (Phi) is 4.52. The molecule has 0 spiro atoms. The first-order valence-corrected chi connectivity index (χ1v) is 8.59. The zero-order valence-corrected chi connectivity index (χ0v) is 14.1. The van der Waals surface area contributed by atoms with Crippen molar-refractivity contribution in [3.8, 4) is 5.75 Å². The first-order valence-electron chi connectivity index (χ1n) is 7.71. The number of hydrogen-bond donors (Lipinski definition) is 0. The molecule has 0 N–H and O–H groups in total. The van der Waals surface area contributed by atoms with E-state index in [1.54, 1.807) is 11.6 Å². The molecule has 3 heterocycles. The van der Waals surface area contributed by atoms with Crippen molar-refractivity contribution in [3.05, 3.63) is 50.6 Å². The van der Waals surface area contributed by atoms with Crippen LogP contribution in [0, 0.1) is 6.92 Å². The molecule has 0 atom stereocenters. The molecule has 0 bridgehead atoms. The predicted octanol–water partition coefficient (Wildman–Crippen LogP) is 2.44. The molecule has 0 aliphatic carbocycles. The van der Waals surface area contributed by atoms with Gasteiger partial charge < -0.3 is 14.2 Å². The predicted molar refractivity (Wildman–Crippen MR) is 90.3 cm³/mol. The molecule has 1 aliphatic heterocycles. The lowest BCUT2D eigenvalue weighted by Gasteiger charge is -2.32. The second-order valence-electron chi connectivity index (χ2n) is 5.82. The fraction of sp³-hybridized carbons (Fsp3) is 0.412. The lowest BCUT2D eigenvalue weighted by Crippen LogP contribution is -2.41. The van der Waals surface area contributed by atoms with Gasteiger partial charge in [-0.3, -0.25) is 9.59 Å². The fourth-order valence-electron chi connectivity index (χ4n) is 2.73. The number of aromatic nitrogens is 1. The van der Waals surface area contributed by atoms with E-state index in [4.69, 9.17) is 4.74 Å². The molecule has 122 valence electrons. The quantitative estimate of drug-likeness (QED) is 0.867. The zero-order valence-electron chi connectivity index (χ0n) is 13.3. The van der Waals surface area contributed by atoms with Gasteiger partial charge in [-0.05, 0) is 24.4 Å². The fourth-order valence-corrected chi connectivity index (χ4v) is 3.42. The molecule has 2 aromatic heterocycles. The Morgan fingerprint density at radius 3 is 2.65 bits per heavy atom. The number of aryl methyl sites for hydroxylation is 1. The summed E-state index contributed by atoms with van der Waals surface area (Å²) in [7, 11) is 1.75. The van der Waals surface area contributed by atoms with Crippen LogP contribution in [0.25, 0.3) is 0 Å². The van der Waals surface area contributed by atoms with Crippen molar-refractivity contribution in [2.75, 3.05) is 13.1 Å². The summed E-state index contributed by atoms with van der Waals surface area (Å²) < 4.78 is 7.53. The lowest BCUT2D eigenvalue weighted by atomic mass is 10.1. The van der Waals surface area contributed by atoms with Crippen LogP contribution in [0.4, 0.5) is 0 Å². The summed E-state index contributed by atoms with van der Waals surface area (Å²) in [6.45, 7) is 3.26. The van der Waals surface area contributed by atoms with Crippen molar-refractivity contribution in [2.24, 2.45) is 7.05 Å². The number of piperidine rings is 1. The zero-order chi connectivity index (χ0) is 16.4. The first kappa shape index (κ1) is 15.8. The van der Waals surface area contributed by atoms with Crippen molar-refractivity contribution in [1.82, 2.24) is 9.47 Å². The molecular weight excluding hydrogens is 312 g/mol. The Morgan fingerprint density at radius 2 is 2.04 bits per heavy atom. The summed E-state index contributed by atoms with van der Waals surface area (Å²) in [5.74, 6) is 0.719. The van der Waals surface area contributed by atoms with Gasteiger partial charge in [-0.1, -0.05) is 6.07 Å². The van der Waals surface area contributed by atoms with Gasteiger partial charge in [-0.15, -0.1) is 11.3 Å². The highest BCUT2D eigenvalue weighted by Crippen LogP contribution is 2.21. The number of carbonyl (C=O) groups excluding carboxylic acids is 1. The monoisotopic (exact) mass is 332 g/mol. The highest BCUT2D eigenvalue weighted by Gasteiger charge is 2.25. The molecule has 0 aromatic carbocycles. The van der Waals surface area contributed by atoms with Crippen LogP contribution < -0.4 is 10.3 Å². The van der Waals surface area contributed by atoms with Gasteiger partial charge in [0.25, 0.3) is 11.5 Å². The number of nitrogens with zero attached hydrogens (tertiary/aromatic N) is 2. The molecule has 1 amide bonds. The van der Waals surface area contributed by atoms with Crippen LogP contribution in [0.15, 0.2) is 34.4 Å². The Hall–Kier alpha value is -2.08. The van der Waals surface area contributed by atoms with Gasteiger partial charge in [0, 0.05) is 44.7 Å². The second-order valence-corrected chi connectivity index (χ2v) is 6.76. The van der Waals surface area contributed by atoms with Gasteiger partial charge in [-0.25, -0.2) is 0 Å². The number of thiophene rings is 1. The number of pyridine rings is 1. The maximum atomic E-state index is 12.3. The number of hydrogen-bond acceptors (Lipinski definition) is 4. The number of amides is 1. The van der Waals surface area contributed by atoms with E-state index >= 15 is 0 Å². The molecule has 3 rings (SSSR count). The lowest BCUT2D eigenvalue weighted by molar-refractivity contribution is 0.0599. The van der Waals surface area contributed by atoms with E-state index in [9.17, 15) is 9.59 Å². The Bertz CT molecular complexity index is 744. The van der Waals surface area contributed by atoms with Crippen molar-refractivity contribution in [1.29, 1.82) is 0 Å². The van der Waals surface area contributed by atoms with Gasteiger partial charge in [0.05, 0.1) is 4.88 Å². The van der Waals surface area contributed by atoms with E-state index in [0.717, 1.165) is 23.4 Å². The summed E-state index contributed by atoms with van der Waals surface area (Å²) in [5, 5.41) is 1.92. The highest BCUT2D eigenvalue weighted by molar-refractivity contribution is 7.12. The van der Waals surface area contributed by atoms with Crippen LogP contribution in [0.2, 0.25) is 0 Å². The summed E-state index contributed by atoms with van der Waals surface area (Å²) in [5.41, 5.74) is 0.808. The minimum atomic E-state index is -0.0645. The normalized spacial score (nSPS) is 15.7. The Morgan fingerprint density at radius 1 is 1.30 bits per heavy atom. The average Bonchev–Trinajstić information content (AvgIpc) is 3.07. The molecule has 23 heavy (non-hydrogen) atoms. The van der Waals surface area contributed by atoms with Crippen LogP contribution in [0.3, 0.4) is 0 Å². The minimum absolute atomic E-state index is 0.0499. The van der Waals surface area contributed by atoms with Crippen LogP contribution in [0.5, 0.6) is 5.75 Å². The van der Waals surface area contributed by atoms with Gasteiger partial charge in [0.15, 0.2) is 0 Å². The Labute approximate surface area is 139 Å². The standard InChI is InChI=1S/C17H20N2O3S/c1-12-10-14(11-16(20)18(12)2)22-13-5-7-19(8-6-13)17(21)15-4-3-9-23-15/h3-4,9-11,13H,5-8H2,1-2H3. The van der Waals surface area contributed by atoms with Crippen molar-refractivity contribution < 1.29 is 9.53 Å². The molecule has 1 fully saturated rings. The topological polar surface area (TPSA) is 51.5 Å². The maximum Gasteiger partial charge on any atom is 0.263 e. The molecule has 6 heteroatoms. The molecule has 0 saturated carbocycles. The third-order valence-electron chi connectivity index (χ3n) is 4.24. The maximum absolute atomic E-state index is 12.3. The highest BCUT2D eigenvalue weighted by atomic mass is 32.1. The number of rotatable bonds is 3. The number of likely N-dealkylation sites (tertiary alicyclic amines) is 1. The third-order valence-corrected chi connectivity index (χ3v) is 5.10. The number of ether oxygens (including phenoxy) is 1. The van der Waals surface area contributed by atoms with Crippen LogP contribution in [-0.2, 0) is 7.05 Å². The smallest absolute Gasteiger partial charge is 0.263 e. The molecular formula is C17H20N2O3S. The van der Waals surface area contributed by atoms with Crippen LogP contribution in [-0.4, -0.2) is 34.6 Å². The van der Waals surface area contributed by atoms with Gasteiger partial charge in [-0.2, -0.15) is 0 Å². The van der Waals surface area contributed by atoms with E-state index in [1.165, 1.54) is 17.4 Å². The Balaban J connectivity index is 1.59. The molecule has 1 saturated heterocycles. The largest absolute Gasteiger partial charge is 0.490 e. The van der Waals surface area contributed by atoms with E-state index in [-0.39, 0.29) is 17.6 Å². The summed E-state index contributed by atoms with van der Waals surface area (Å²) in [6.07, 6.45) is 1.62. The van der Waals surface area contributed by atoms with Crippen LogP contribution >= 0.6 is 11.3 Å². The van der Waals surface area contributed by atoms with E-state index in [1.807, 2.05) is 35.4 Å². The molecule has 2 aromatic rings. The number of carbonyl (C=O) groups is 1. The summed E-state index contributed by atoms with van der Waals surface area (Å²) in [4.78, 5) is 26.8. The minimum Gasteiger partial charge on any atom is -0.490 e. The van der Waals surface area contributed by atoms with Crippen molar-refractivity contribution >= 4 is 17.2 Å². The van der Waals surface area contributed by atoms with Crippen molar-refractivity contribution in [3.63, 3.8) is 0 Å². The van der Waals surface area contributed by atoms with Gasteiger partial charge in [0.1, 0.15) is 11.9 Å². The molecule has 5 nitrogen and oxygen atoms in total. The third kappa shape index (κ3) is 3.47. The average molecular weight is 332 g/mol. The molecule has 0 unspecified atom stereocenters. The summed E-state index contributed by atoms with van der Waals surface area (Å²) >= 11 is 1.47. The van der Waals surface area contributed by atoms with Gasteiger partial charge in [0.2, 0.25) is 0 Å².